The van der Waals surface area contributed by atoms with Gasteiger partial charge in [0.05, 0.1) is 11.6 Å². The Morgan fingerprint density at radius 2 is 2.24 bits per heavy atom. The van der Waals surface area contributed by atoms with Crippen LogP contribution in [0.3, 0.4) is 0 Å². The van der Waals surface area contributed by atoms with Crippen LogP contribution in [-0.4, -0.2) is 37.8 Å². The van der Waals surface area contributed by atoms with Crippen molar-refractivity contribution in [2.24, 2.45) is 5.92 Å². The second-order valence-corrected chi connectivity index (χ2v) is 6.50. The number of nitrogens with zero attached hydrogens (tertiary/aromatic N) is 2. The predicted octanol–water partition coefficient (Wildman–Crippen LogP) is 3.10. The summed E-state index contributed by atoms with van der Waals surface area (Å²) in [7, 11) is 1.73. The van der Waals surface area contributed by atoms with Crippen LogP contribution in [0.25, 0.3) is 0 Å². The average Bonchev–Trinajstić information content (AvgIpc) is 3.25. The Hall–Kier alpha value is -0.840. The van der Waals surface area contributed by atoms with Crippen LogP contribution in [0.5, 0.6) is 0 Å². The molecule has 1 aromatic heterocycles. The maximum atomic E-state index is 6.44. The van der Waals surface area contributed by atoms with Gasteiger partial charge in [-0.25, -0.2) is 4.98 Å². The van der Waals surface area contributed by atoms with Gasteiger partial charge in [0.15, 0.2) is 0 Å². The predicted molar refractivity (Wildman–Crippen MR) is 88.0 cm³/mol. The van der Waals surface area contributed by atoms with Gasteiger partial charge in [-0.15, -0.1) is 0 Å². The smallest absolute Gasteiger partial charge is 0.147 e. The van der Waals surface area contributed by atoms with Crippen LogP contribution in [-0.2, 0) is 11.3 Å². The molecular weight excluding hydrogens is 286 g/mol. The summed E-state index contributed by atoms with van der Waals surface area (Å²) in [4.78, 5) is 6.86. The number of anilines is 1. The number of hydrogen-bond donors (Lipinski definition) is 1. The van der Waals surface area contributed by atoms with Gasteiger partial charge in [0.25, 0.3) is 0 Å². The number of nitrogens with one attached hydrogen (secondary N) is 1. The second kappa shape index (κ2) is 7.97. The van der Waals surface area contributed by atoms with Crippen LogP contribution >= 0.6 is 11.6 Å². The highest BCUT2D eigenvalue weighted by Crippen LogP contribution is 2.34. The molecule has 1 fully saturated rings. The Morgan fingerprint density at radius 1 is 1.48 bits per heavy atom. The van der Waals surface area contributed by atoms with Gasteiger partial charge >= 0.3 is 0 Å². The Bertz CT molecular complexity index is 449. The van der Waals surface area contributed by atoms with Gasteiger partial charge in [0.1, 0.15) is 5.82 Å². The van der Waals surface area contributed by atoms with Crippen molar-refractivity contribution in [3.05, 3.63) is 22.8 Å². The minimum atomic E-state index is 0.579. The maximum Gasteiger partial charge on any atom is 0.147 e. The molecule has 0 aromatic carbocycles. The molecule has 5 heteroatoms. The zero-order valence-corrected chi connectivity index (χ0v) is 14.0. The van der Waals surface area contributed by atoms with Crippen molar-refractivity contribution >= 4 is 17.4 Å². The molecule has 1 aliphatic rings. The van der Waals surface area contributed by atoms with Crippen LogP contribution < -0.4 is 10.2 Å². The van der Waals surface area contributed by atoms with E-state index in [2.05, 4.69) is 29.0 Å². The number of halogens is 1. The van der Waals surface area contributed by atoms with Crippen molar-refractivity contribution in [2.75, 3.05) is 31.7 Å². The SMILES string of the molecule is COCCN(c1ncc(CNCC(C)C)cc1Cl)C1CC1. The Morgan fingerprint density at radius 3 is 2.81 bits per heavy atom. The first-order valence-corrected chi connectivity index (χ1v) is 8.10. The van der Waals surface area contributed by atoms with E-state index in [0.717, 1.165) is 36.0 Å². The van der Waals surface area contributed by atoms with Crippen LogP contribution in [0.1, 0.15) is 32.3 Å². The summed E-state index contributed by atoms with van der Waals surface area (Å²) >= 11 is 6.44. The normalized spacial score (nSPS) is 14.7. The van der Waals surface area contributed by atoms with Crippen LogP contribution in [0.4, 0.5) is 5.82 Å². The fraction of sp³-hybridized carbons (Fsp3) is 0.688. The van der Waals surface area contributed by atoms with Crippen molar-refractivity contribution in [1.29, 1.82) is 0 Å². The Labute approximate surface area is 132 Å². The zero-order chi connectivity index (χ0) is 15.2. The summed E-state index contributed by atoms with van der Waals surface area (Å²) in [6, 6.07) is 2.61. The van der Waals surface area contributed by atoms with Gasteiger partial charge in [-0.2, -0.15) is 0 Å². The molecule has 1 heterocycles. The number of aromatic nitrogens is 1. The van der Waals surface area contributed by atoms with E-state index in [1.54, 1.807) is 7.11 Å². The lowest BCUT2D eigenvalue weighted by molar-refractivity contribution is 0.204. The monoisotopic (exact) mass is 311 g/mol. The number of pyridine rings is 1. The third kappa shape index (κ3) is 5.13. The summed E-state index contributed by atoms with van der Waals surface area (Å²) in [5.41, 5.74) is 1.13. The van der Waals surface area contributed by atoms with E-state index in [-0.39, 0.29) is 0 Å². The largest absolute Gasteiger partial charge is 0.383 e. The van der Waals surface area contributed by atoms with Crippen molar-refractivity contribution < 1.29 is 4.74 Å². The third-order valence-electron chi connectivity index (χ3n) is 3.56. The molecule has 1 aromatic rings. The van der Waals surface area contributed by atoms with Crippen molar-refractivity contribution in [3.63, 3.8) is 0 Å². The molecule has 118 valence electrons. The summed E-state index contributed by atoms with van der Waals surface area (Å²) < 4.78 is 5.19. The van der Waals surface area contributed by atoms with E-state index in [1.807, 2.05) is 12.3 Å². The van der Waals surface area contributed by atoms with Gasteiger partial charge in [-0.3, -0.25) is 0 Å². The molecule has 0 unspecified atom stereocenters. The van der Waals surface area contributed by atoms with Gasteiger partial charge in [-0.1, -0.05) is 25.4 Å². The van der Waals surface area contributed by atoms with E-state index in [1.165, 1.54) is 12.8 Å². The Kier molecular flexibility index (Phi) is 6.27. The first kappa shape index (κ1) is 16.5. The maximum absolute atomic E-state index is 6.44. The molecule has 0 amide bonds. The first-order chi connectivity index (χ1) is 10.1. The van der Waals surface area contributed by atoms with Crippen LogP contribution in [0.2, 0.25) is 5.02 Å². The number of ether oxygens (including phenoxy) is 1. The van der Waals surface area contributed by atoms with E-state index in [9.17, 15) is 0 Å². The first-order valence-electron chi connectivity index (χ1n) is 7.72. The van der Waals surface area contributed by atoms with Crippen LogP contribution in [0, 0.1) is 5.92 Å². The molecule has 21 heavy (non-hydrogen) atoms. The standard InChI is InChI=1S/C16H26ClN3O/c1-12(2)9-18-10-13-8-15(17)16(19-11-13)20(6-7-21-3)14-4-5-14/h8,11-12,14,18H,4-7,9-10H2,1-3H3. The van der Waals surface area contributed by atoms with Gasteiger partial charge in [0.2, 0.25) is 0 Å². The molecule has 0 aliphatic heterocycles. The van der Waals surface area contributed by atoms with E-state index in [0.29, 0.717) is 18.6 Å². The minimum Gasteiger partial charge on any atom is -0.383 e. The van der Waals surface area contributed by atoms with Crippen LogP contribution in [0.15, 0.2) is 12.3 Å². The van der Waals surface area contributed by atoms with E-state index < -0.39 is 0 Å². The van der Waals surface area contributed by atoms with Gasteiger partial charge < -0.3 is 15.0 Å². The molecule has 1 N–H and O–H groups in total. The minimum absolute atomic E-state index is 0.579. The molecule has 1 saturated carbocycles. The Balaban J connectivity index is 1.99. The van der Waals surface area contributed by atoms with E-state index >= 15 is 0 Å². The van der Waals surface area contributed by atoms with Gasteiger partial charge in [-0.05, 0) is 36.9 Å². The zero-order valence-electron chi connectivity index (χ0n) is 13.2. The highest BCUT2D eigenvalue weighted by atomic mass is 35.5. The summed E-state index contributed by atoms with van der Waals surface area (Å²) in [5.74, 6) is 1.54. The van der Waals surface area contributed by atoms with Crippen molar-refractivity contribution in [2.45, 2.75) is 39.3 Å². The molecule has 1 aliphatic carbocycles. The lowest BCUT2D eigenvalue weighted by atomic mass is 10.2. The highest BCUT2D eigenvalue weighted by molar-refractivity contribution is 6.33. The summed E-state index contributed by atoms with van der Waals surface area (Å²) in [6.07, 6.45) is 4.37. The molecule has 0 bridgehead atoms. The molecular formula is C16H26ClN3O. The van der Waals surface area contributed by atoms with Crippen molar-refractivity contribution in [3.8, 4) is 0 Å². The number of hydrogen-bond acceptors (Lipinski definition) is 4. The number of methoxy groups -OCH3 is 1. The molecule has 0 atom stereocenters. The summed E-state index contributed by atoms with van der Waals surface area (Å²) in [6.45, 7) is 7.76. The molecule has 4 nitrogen and oxygen atoms in total. The lowest BCUT2D eigenvalue weighted by Crippen LogP contribution is -2.30. The molecule has 0 spiro atoms. The van der Waals surface area contributed by atoms with Gasteiger partial charge in [0, 0.05) is 32.4 Å². The topological polar surface area (TPSA) is 37.4 Å². The highest BCUT2D eigenvalue weighted by Gasteiger charge is 2.30. The van der Waals surface area contributed by atoms with E-state index in [4.69, 9.17) is 16.3 Å². The summed E-state index contributed by atoms with van der Waals surface area (Å²) in [5, 5.41) is 4.15. The molecule has 0 radical (unpaired) electrons. The fourth-order valence-corrected chi connectivity index (χ4v) is 2.62. The lowest BCUT2D eigenvalue weighted by Gasteiger charge is -2.24. The third-order valence-corrected chi connectivity index (χ3v) is 3.83. The quantitative estimate of drug-likeness (QED) is 0.760. The average molecular weight is 312 g/mol. The van der Waals surface area contributed by atoms with Crippen molar-refractivity contribution in [1.82, 2.24) is 10.3 Å². The fourth-order valence-electron chi connectivity index (χ4n) is 2.32. The molecule has 2 rings (SSSR count). The second-order valence-electron chi connectivity index (χ2n) is 6.09. The molecule has 0 saturated heterocycles. The number of rotatable bonds is 9.